The van der Waals surface area contributed by atoms with Crippen LogP contribution in [0, 0.1) is 11.8 Å². The number of phenols is 1. The molecular formula is C31H35N3O4. The second-order valence-corrected chi connectivity index (χ2v) is 10.3. The van der Waals surface area contributed by atoms with Crippen LogP contribution in [-0.2, 0) is 35.5 Å². The van der Waals surface area contributed by atoms with Gasteiger partial charge in [-0.25, -0.2) is 0 Å². The zero-order valence-corrected chi connectivity index (χ0v) is 21.8. The van der Waals surface area contributed by atoms with Crippen molar-refractivity contribution in [1.82, 2.24) is 10.2 Å². The summed E-state index contributed by atoms with van der Waals surface area (Å²) in [6.07, 6.45) is 3.80. The summed E-state index contributed by atoms with van der Waals surface area (Å²) in [5.74, 6) is 0.176. The van der Waals surface area contributed by atoms with E-state index in [9.17, 15) is 14.7 Å². The third-order valence-corrected chi connectivity index (χ3v) is 7.62. The summed E-state index contributed by atoms with van der Waals surface area (Å²) in [6, 6.07) is 20.9. The second kappa shape index (κ2) is 11.7. The van der Waals surface area contributed by atoms with E-state index < -0.39 is 0 Å². The average Bonchev–Trinajstić information content (AvgIpc) is 3.41. The van der Waals surface area contributed by atoms with Gasteiger partial charge in [-0.05, 0) is 72.7 Å². The van der Waals surface area contributed by atoms with Gasteiger partial charge < -0.3 is 20.5 Å². The van der Waals surface area contributed by atoms with Crippen LogP contribution in [0.25, 0.3) is 0 Å². The van der Waals surface area contributed by atoms with Crippen LogP contribution in [0.15, 0.2) is 66.7 Å². The molecule has 38 heavy (non-hydrogen) atoms. The molecule has 1 heterocycles. The molecule has 7 nitrogen and oxygen atoms in total. The van der Waals surface area contributed by atoms with Crippen LogP contribution >= 0.6 is 0 Å². The number of methoxy groups -OCH3 is 1. The number of carbonyl (C=O) groups excluding carboxylic acids is 2. The van der Waals surface area contributed by atoms with Crippen molar-refractivity contribution in [2.24, 2.45) is 11.8 Å². The van der Waals surface area contributed by atoms with E-state index in [1.165, 1.54) is 11.1 Å². The molecule has 0 saturated carbocycles. The van der Waals surface area contributed by atoms with Gasteiger partial charge in [0.15, 0.2) is 0 Å². The van der Waals surface area contributed by atoms with Crippen LogP contribution in [0.4, 0.5) is 5.69 Å². The summed E-state index contributed by atoms with van der Waals surface area (Å²) in [5.41, 5.74) is 5.44. The largest absolute Gasteiger partial charge is 0.508 e. The van der Waals surface area contributed by atoms with Gasteiger partial charge in [0, 0.05) is 37.4 Å². The summed E-state index contributed by atoms with van der Waals surface area (Å²) in [5, 5.41) is 15.8. The fourth-order valence-corrected chi connectivity index (χ4v) is 5.63. The maximum atomic E-state index is 13.4. The average molecular weight is 514 g/mol. The highest BCUT2D eigenvalue weighted by Gasteiger charge is 2.35. The van der Waals surface area contributed by atoms with E-state index >= 15 is 0 Å². The number of hydrogen-bond acceptors (Lipinski definition) is 5. The van der Waals surface area contributed by atoms with E-state index in [4.69, 9.17) is 4.74 Å². The van der Waals surface area contributed by atoms with Crippen LogP contribution in [-0.4, -0.2) is 42.0 Å². The normalized spacial score (nSPS) is 19.0. The van der Waals surface area contributed by atoms with Crippen LogP contribution in [0.5, 0.6) is 11.5 Å². The molecule has 2 amide bonds. The lowest BCUT2D eigenvalue weighted by atomic mass is 9.87. The molecule has 2 aliphatic rings. The molecule has 0 unspecified atom stereocenters. The number of piperidine rings is 1. The first-order chi connectivity index (χ1) is 18.5. The number of benzene rings is 3. The number of phenolic OH excluding ortho intramolecular Hbond substituents is 1. The smallest absolute Gasteiger partial charge is 0.228 e. The third kappa shape index (κ3) is 6.17. The first-order valence-electron chi connectivity index (χ1n) is 13.3. The minimum absolute atomic E-state index is 0.0547. The number of carbonyl (C=O) groups is 2. The van der Waals surface area contributed by atoms with E-state index in [0.717, 1.165) is 41.8 Å². The van der Waals surface area contributed by atoms with E-state index in [2.05, 4.69) is 27.7 Å². The molecule has 7 heteroatoms. The molecule has 198 valence electrons. The molecule has 0 aromatic heterocycles. The van der Waals surface area contributed by atoms with E-state index in [1.54, 1.807) is 19.2 Å². The SMILES string of the molecule is COc1ccccc1CNC(=O)[C@H]1C[C@@H](C(=O)Nc2ccc3c(c2)CCC3)CN(Cc2ccc(O)cc2)C1. The van der Waals surface area contributed by atoms with Gasteiger partial charge in [0.1, 0.15) is 11.5 Å². The van der Waals surface area contributed by atoms with Crippen LogP contribution in [0.3, 0.4) is 0 Å². The predicted octanol–water partition coefficient (Wildman–Crippen LogP) is 4.28. The summed E-state index contributed by atoms with van der Waals surface area (Å²) in [7, 11) is 1.62. The number of para-hydroxylation sites is 1. The molecule has 3 aromatic rings. The molecule has 1 aliphatic carbocycles. The Morgan fingerprint density at radius 2 is 1.68 bits per heavy atom. The van der Waals surface area contributed by atoms with Crippen molar-refractivity contribution < 1.29 is 19.4 Å². The minimum atomic E-state index is -0.327. The Labute approximate surface area is 223 Å². The van der Waals surface area contributed by atoms with Crippen molar-refractivity contribution in [3.63, 3.8) is 0 Å². The highest BCUT2D eigenvalue weighted by atomic mass is 16.5. The number of aromatic hydroxyl groups is 1. The quantitative estimate of drug-likeness (QED) is 0.418. The van der Waals surface area contributed by atoms with Gasteiger partial charge in [0.05, 0.1) is 18.9 Å². The Balaban J connectivity index is 1.29. The molecule has 0 bridgehead atoms. The van der Waals surface area contributed by atoms with Crippen LogP contribution in [0.2, 0.25) is 0 Å². The monoisotopic (exact) mass is 513 g/mol. The molecule has 1 saturated heterocycles. The van der Waals surface area contributed by atoms with Gasteiger partial charge in [-0.3, -0.25) is 14.5 Å². The van der Waals surface area contributed by atoms with Gasteiger partial charge in [-0.2, -0.15) is 0 Å². The number of nitrogens with zero attached hydrogens (tertiary/aromatic N) is 1. The van der Waals surface area contributed by atoms with Crippen molar-refractivity contribution in [3.05, 3.63) is 89.0 Å². The maximum absolute atomic E-state index is 13.4. The van der Waals surface area contributed by atoms with Crippen molar-refractivity contribution in [3.8, 4) is 11.5 Å². The Bertz CT molecular complexity index is 1290. The lowest BCUT2D eigenvalue weighted by Gasteiger charge is -2.36. The second-order valence-electron chi connectivity index (χ2n) is 10.3. The molecule has 2 atom stereocenters. The highest BCUT2D eigenvalue weighted by molar-refractivity contribution is 5.93. The fourth-order valence-electron chi connectivity index (χ4n) is 5.63. The molecule has 5 rings (SSSR count). The Kier molecular flexibility index (Phi) is 7.94. The first-order valence-corrected chi connectivity index (χ1v) is 13.3. The Hall–Kier alpha value is -3.84. The van der Waals surface area contributed by atoms with E-state index in [1.807, 2.05) is 42.5 Å². The van der Waals surface area contributed by atoms with E-state index in [0.29, 0.717) is 32.6 Å². The Morgan fingerprint density at radius 3 is 2.47 bits per heavy atom. The van der Waals surface area contributed by atoms with Gasteiger partial charge in [0.25, 0.3) is 0 Å². The number of likely N-dealkylation sites (tertiary alicyclic amines) is 1. The zero-order valence-electron chi connectivity index (χ0n) is 21.8. The Morgan fingerprint density at radius 1 is 0.947 bits per heavy atom. The summed E-state index contributed by atoms with van der Waals surface area (Å²) in [4.78, 5) is 28.9. The number of amides is 2. The molecule has 0 radical (unpaired) electrons. The molecule has 1 fully saturated rings. The van der Waals surface area contributed by atoms with Crippen molar-refractivity contribution >= 4 is 17.5 Å². The third-order valence-electron chi connectivity index (χ3n) is 7.62. The molecule has 3 aromatic carbocycles. The lowest BCUT2D eigenvalue weighted by Crippen LogP contribution is -2.48. The van der Waals surface area contributed by atoms with E-state index in [-0.39, 0.29) is 29.4 Å². The number of nitrogens with one attached hydrogen (secondary N) is 2. The van der Waals surface area contributed by atoms with Gasteiger partial charge in [0.2, 0.25) is 11.8 Å². The van der Waals surface area contributed by atoms with Crippen LogP contribution < -0.4 is 15.4 Å². The predicted molar refractivity (Wildman–Crippen MR) is 147 cm³/mol. The fraction of sp³-hybridized carbons (Fsp3) is 0.355. The topological polar surface area (TPSA) is 90.9 Å². The van der Waals surface area contributed by atoms with Crippen molar-refractivity contribution in [2.45, 2.75) is 38.8 Å². The molecule has 1 aliphatic heterocycles. The summed E-state index contributed by atoms with van der Waals surface area (Å²) >= 11 is 0. The van der Waals surface area contributed by atoms with Crippen LogP contribution in [0.1, 0.15) is 35.1 Å². The van der Waals surface area contributed by atoms with Crippen molar-refractivity contribution in [1.29, 1.82) is 0 Å². The number of ether oxygens (including phenoxy) is 1. The number of fused-ring (bicyclic) bond motifs is 1. The first kappa shape index (κ1) is 25.8. The standard InChI is InChI=1S/C31H35N3O4/c1-38-29-8-3-2-5-24(29)17-32-30(36)25-15-26(20-34(19-25)18-21-9-13-28(35)14-10-21)31(37)33-27-12-11-22-6-4-7-23(22)16-27/h2-3,5,8-14,16,25-26,35H,4,6-7,15,17-20H2,1H3,(H,32,36)(H,33,37)/t25-,26+/m0/s1. The molecular weight excluding hydrogens is 478 g/mol. The molecule has 3 N–H and O–H groups in total. The number of anilines is 1. The summed E-state index contributed by atoms with van der Waals surface area (Å²) < 4.78 is 5.42. The molecule has 0 spiro atoms. The number of rotatable bonds is 8. The maximum Gasteiger partial charge on any atom is 0.228 e. The zero-order chi connectivity index (χ0) is 26.5. The number of hydrogen-bond donors (Lipinski definition) is 3. The highest BCUT2D eigenvalue weighted by Crippen LogP contribution is 2.28. The minimum Gasteiger partial charge on any atom is -0.508 e. The lowest BCUT2D eigenvalue weighted by molar-refractivity contribution is -0.130. The van der Waals surface area contributed by atoms with Gasteiger partial charge in [-0.15, -0.1) is 0 Å². The van der Waals surface area contributed by atoms with Gasteiger partial charge >= 0.3 is 0 Å². The van der Waals surface area contributed by atoms with Crippen molar-refractivity contribution in [2.75, 3.05) is 25.5 Å². The summed E-state index contributed by atoms with van der Waals surface area (Å²) in [6.45, 7) is 2.08. The number of aryl methyl sites for hydroxylation is 2. The van der Waals surface area contributed by atoms with Gasteiger partial charge in [-0.1, -0.05) is 36.4 Å².